The highest BCUT2D eigenvalue weighted by Gasteiger charge is 2.31. The first-order chi connectivity index (χ1) is 17.1. The summed E-state index contributed by atoms with van der Waals surface area (Å²) < 4.78 is 13.0. The summed E-state index contributed by atoms with van der Waals surface area (Å²) in [6, 6.07) is 11.6. The van der Waals surface area contributed by atoms with E-state index in [1.54, 1.807) is 18.2 Å². The van der Waals surface area contributed by atoms with Crippen LogP contribution in [-0.4, -0.2) is 57.3 Å². The second-order valence-corrected chi connectivity index (χ2v) is 10.4. The fourth-order valence-electron chi connectivity index (χ4n) is 4.79. The molecule has 1 atom stereocenters. The number of piperidine rings is 1. The summed E-state index contributed by atoms with van der Waals surface area (Å²) in [6.45, 7) is 7.92. The van der Waals surface area contributed by atoms with Crippen LogP contribution in [0.2, 0.25) is 0 Å². The van der Waals surface area contributed by atoms with Crippen molar-refractivity contribution >= 4 is 17.0 Å². The molecule has 3 heterocycles. The second-order valence-electron chi connectivity index (χ2n) is 10.4. The van der Waals surface area contributed by atoms with Gasteiger partial charge in [-0.15, -0.1) is 0 Å². The summed E-state index contributed by atoms with van der Waals surface area (Å²) in [5.74, 6) is 0.549. The van der Waals surface area contributed by atoms with Gasteiger partial charge in [0, 0.05) is 68.7 Å². The van der Waals surface area contributed by atoms with Crippen LogP contribution in [0.15, 0.2) is 53.6 Å². The van der Waals surface area contributed by atoms with E-state index >= 15 is 0 Å². The van der Waals surface area contributed by atoms with E-state index < -0.39 is 5.60 Å². The van der Waals surface area contributed by atoms with Crippen LogP contribution >= 0.6 is 0 Å². The summed E-state index contributed by atoms with van der Waals surface area (Å²) in [5.41, 5.74) is 2.17. The van der Waals surface area contributed by atoms with E-state index in [4.69, 9.17) is 9.47 Å². The van der Waals surface area contributed by atoms with E-state index in [1.165, 1.54) is 0 Å². The van der Waals surface area contributed by atoms with Crippen molar-refractivity contribution in [3.05, 3.63) is 70.1 Å². The number of pyridine rings is 2. The summed E-state index contributed by atoms with van der Waals surface area (Å²) in [5, 5.41) is 0.710. The molecule has 0 spiro atoms. The van der Waals surface area contributed by atoms with Gasteiger partial charge in [0.25, 0.3) is 0 Å². The van der Waals surface area contributed by atoms with Crippen LogP contribution in [0.1, 0.15) is 44.7 Å². The Bertz CT molecular complexity index is 1280. The average Bonchev–Trinajstić information content (AvgIpc) is 2.86. The first-order valence-corrected chi connectivity index (χ1v) is 12.4. The van der Waals surface area contributed by atoms with Gasteiger partial charge in [0.1, 0.15) is 5.60 Å². The van der Waals surface area contributed by atoms with Crippen molar-refractivity contribution < 1.29 is 14.3 Å². The molecule has 3 aromatic rings. The molecule has 4 rings (SSSR count). The molecule has 0 N–H and O–H groups in total. The number of aryl methyl sites for hydroxylation is 1. The molecule has 8 nitrogen and oxygen atoms in total. The number of hydrogen-bond acceptors (Lipinski definition) is 6. The van der Waals surface area contributed by atoms with Gasteiger partial charge in [-0.2, -0.15) is 0 Å². The number of ether oxygens (including phenoxy) is 2. The maximum absolute atomic E-state index is 13.4. The lowest BCUT2D eigenvalue weighted by atomic mass is 10.0. The van der Waals surface area contributed by atoms with Crippen LogP contribution in [0.3, 0.4) is 0 Å². The molecule has 192 valence electrons. The molecule has 2 aromatic heterocycles. The van der Waals surface area contributed by atoms with E-state index in [0.717, 1.165) is 29.5 Å². The number of nitrogens with zero attached hydrogens (tertiary/aromatic N) is 4. The third-order valence-electron chi connectivity index (χ3n) is 6.50. The average molecular weight is 493 g/mol. The molecule has 8 heteroatoms. The monoisotopic (exact) mass is 492 g/mol. The van der Waals surface area contributed by atoms with Crippen LogP contribution in [0, 0.1) is 0 Å². The topological polar surface area (TPSA) is 76.9 Å². The minimum absolute atomic E-state index is 0.0424. The Morgan fingerprint density at radius 3 is 2.72 bits per heavy atom. The number of hydrogen-bond donors (Lipinski definition) is 0. The van der Waals surface area contributed by atoms with Gasteiger partial charge in [0.05, 0.1) is 12.6 Å². The molecule has 0 aliphatic carbocycles. The third-order valence-corrected chi connectivity index (χ3v) is 6.50. The highest BCUT2D eigenvalue weighted by molar-refractivity contribution is 5.79. The number of methoxy groups -OCH3 is 1. The second kappa shape index (κ2) is 10.7. The number of amides is 1. The molecule has 1 saturated heterocycles. The molecule has 0 radical (unpaired) electrons. The molecular weight excluding hydrogens is 456 g/mol. The van der Waals surface area contributed by atoms with Gasteiger partial charge in [0.2, 0.25) is 5.88 Å². The van der Waals surface area contributed by atoms with E-state index in [0.29, 0.717) is 37.4 Å². The third kappa shape index (κ3) is 6.05. The van der Waals surface area contributed by atoms with Gasteiger partial charge in [-0.25, -0.2) is 9.78 Å². The zero-order valence-corrected chi connectivity index (χ0v) is 21.9. The fourth-order valence-corrected chi connectivity index (χ4v) is 4.79. The molecule has 1 aromatic carbocycles. The first-order valence-electron chi connectivity index (χ1n) is 12.4. The Kier molecular flexibility index (Phi) is 7.64. The van der Waals surface area contributed by atoms with E-state index in [2.05, 4.69) is 9.88 Å². The highest BCUT2D eigenvalue weighted by Crippen LogP contribution is 2.23. The Morgan fingerprint density at radius 2 is 1.97 bits per heavy atom. The van der Waals surface area contributed by atoms with E-state index in [9.17, 15) is 9.59 Å². The zero-order valence-electron chi connectivity index (χ0n) is 21.9. The quantitative estimate of drug-likeness (QED) is 0.509. The van der Waals surface area contributed by atoms with Crippen LogP contribution in [0.25, 0.3) is 10.9 Å². The number of carbonyl (C=O) groups excluding carboxylic acids is 1. The molecule has 1 aliphatic rings. The number of para-hydroxylation sites is 1. The largest absolute Gasteiger partial charge is 0.481 e. The Morgan fingerprint density at radius 1 is 1.19 bits per heavy atom. The number of rotatable bonds is 6. The molecule has 1 aliphatic heterocycles. The summed E-state index contributed by atoms with van der Waals surface area (Å²) in [6.07, 6.45) is 5.17. The maximum atomic E-state index is 13.4. The number of likely N-dealkylation sites (tertiary alicyclic amines) is 1. The summed E-state index contributed by atoms with van der Waals surface area (Å²) in [4.78, 5) is 34.6. The van der Waals surface area contributed by atoms with Gasteiger partial charge in [0.15, 0.2) is 5.43 Å². The van der Waals surface area contributed by atoms with Gasteiger partial charge < -0.3 is 18.9 Å². The Labute approximate surface area is 212 Å². The minimum Gasteiger partial charge on any atom is -0.481 e. The number of carbonyl (C=O) groups is 1. The number of aromatic nitrogens is 2. The van der Waals surface area contributed by atoms with Gasteiger partial charge in [-0.05, 0) is 57.4 Å². The van der Waals surface area contributed by atoms with E-state index in [1.807, 2.05) is 75.0 Å². The number of benzene rings is 1. The maximum Gasteiger partial charge on any atom is 0.410 e. The molecule has 1 amide bonds. The number of fused-ring (bicyclic) bond motifs is 1. The Balaban J connectivity index is 1.65. The SMILES string of the molecule is COc1cc(CN(Cc2cn(C)c3ccccc3c2=O)C2CCCN(C(=O)OC(C)(C)C)C2)ccn1. The van der Waals surface area contributed by atoms with Crippen molar-refractivity contribution in [1.82, 2.24) is 19.4 Å². The van der Waals surface area contributed by atoms with Gasteiger partial charge in [-0.1, -0.05) is 12.1 Å². The van der Waals surface area contributed by atoms with Crippen molar-refractivity contribution in [1.29, 1.82) is 0 Å². The lowest BCUT2D eigenvalue weighted by Gasteiger charge is -2.39. The van der Waals surface area contributed by atoms with Gasteiger partial charge in [-0.3, -0.25) is 9.69 Å². The molecule has 0 saturated carbocycles. The van der Waals surface area contributed by atoms with Crippen LogP contribution in [-0.2, 0) is 24.9 Å². The van der Waals surface area contributed by atoms with Crippen LogP contribution in [0.4, 0.5) is 4.79 Å². The van der Waals surface area contributed by atoms with Crippen LogP contribution in [0.5, 0.6) is 5.88 Å². The zero-order chi connectivity index (χ0) is 25.9. The molecular formula is C28H36N4O4. The van der Waals surface area contributed by atoms with Crippen molar-refractivity contribution in [2.75, 3.05) is 20.2 Å². The molecule has 1 unspecified atom stereocenters. The minimum atomic E-state index is -0.547. The highest BCUT2D eigenvalue weighted by atomic mass is 16.6. The first kappa shape index (κ1) is 25.7. The van der Waals surface area contributed by atoms with Crippen molar-refractivity contribution in [2.45, 2.75) is 58.3 Å². The molecule has 0 bridgehead atoms. The van der Waals surface area contributed by atoms with E-state index in [-0.39, 0.29) is 17.6 Å². The van der Waals surface area contributed by atoms with Crippen molar-refractivity contribution in [3.63, 3.8) is 0 Å². The summed E-state index contributed by atoms with van der Waals surface area (Å²) >= 11 is 0. The predicted molar refractivity (Wildman–Crippen MR) is 140 cm³/mol. The lowest BCUT2D eigenvalue weighted by Crippen LogP contribution is -2.50. The fraction of sp³-hybridized carbons (Fsp3) is 0.464. The standard InChI is InChI=1S/C28H36N4O4/c1-28(2,3)36-27(34)31-14-8-9-22(19-31)32(16-20-12-13-29-25(15-20)35-5)18-21-17-30(4)24-11-7-6-10-23(24)26(21)33/h6-7,10-13,15,17,22H,8-9,14,16,18-19H2,1-5H3. The molecule has 36 heavy (non-hydrogen) atoms. The normalized spacial score (nSPS) is 16.4. The summed E-state index contributed by atoms with van der Waals surface area (Å²) in [7, 11) is 3.57. The lowest BCUT2D eigenvalue weighted by molar-refractivity contribution is 0.00888. The predicted octanol–water partition coefficient (Wildman–Crippen LogP) is 4.34. The Hall–Kier alpha value is -3.39. The van der Waals surface area contributed by atoms with Crippen LogP contribution < -0.4 is 10.2 Å². The van der Waals surface area contributed by atoms with Crippen molar-refractivity contribution in [2.24, 2.45) is 7.05 Å². The molecule has 1 fully saturated rings. The van der Waals surface area contributed by atoms with Crippen molar-refractivity contribution in [3.8, 4) is 5.88 Å². The van der Waals surface area contributed by atoms with Gasteiger partial charge >= 0.3 is 6.09 Å². The smallest absolute Gasteiger partial charge is 0.410 e.